The van der Waals surface area contributed by atoms with Crippen LogP contribution in [0.15, 0.2) is 47.7 Å². The van der Waals surface area contributed by atoms with Gasteiger partial charge in [0, 0.05) is 49.9 Å². The molecule has 28 heavy (non-hydrogen) atoms. The molecule has 1 aliphatic carbocycles. The second-order valence-corrected chi connectivity index (χ2v) is 5.50. The van der Waals surface area contributed by atoms with Gasteiger partial charge in [0.05, 0.1) is 12.9 Å². The van der Waals surface area contributed by atoms with Crippen molar-refractivity contribution in [1.29, 1.82) is 0 Å². The molecule has 154 valence electrons. The maximum atomic E-state index is 12.9. The van der Waals surface area contributed by atoms with Crippen molar-refractivity contribution in [2.75, 3.05) is 27.9 Å². The summed E-state index contributed by atoms with van der Waals surface area (Å²) in [5, 5.41) is 15.7. The molecule has 0 saturated carbocycles. The molecule has 2 N–H and O–H groups in total. The predicted molar refractivity (Wildman–Crippen MR) is 107 cm³/mol. The molecule has 3 rings (SSSR count). The Morgan fingerprint density at radius 3 is 2.29 bits per heavy atom. The van der Waals surface area contributed by atoms with E-state index in [4.69, 9.17) is 14.9 Å². The van der Waals surface area contributed by atoms with Crippen molar-refractivity contribution in [2.45, 2.75) is 20.3 Å². The summed E-state index contributed by atoms with van der Waals surface area (Å²) in [6, 6.07) is 5.53. The van der Waals surface area contributed by atoms with Crippen molar-refractivity contribution in [1.82, 2.24) is 0 Å². The van der Waals surface area contributed by atoms with Crippen LogP contribution >= 0.6 is 0 Å². The van der Waals surface area contributed by atoms with Crippen LogP contribution in [0.3, 0.4) is 0 Å². The summed E-state index contributed by atoms with van der Waals surface area (Å²) in [6.45, 7) is 4.42. The lowest BCUT2D eigenvalue weighted by Gasteiger charge is -2.26. The van der Waals surface area contributed by atoms with Crippen LogP contribution in [0.2, 0.25) is 0 Å². The topological polar surface area (TPSA) is 76.0 Å². The van der Waals surface area contributed by atoms with E-state index in [9.17, 15) is 9.18 Å². The number of aliphatic hydroxyl groups is 2. The van der Waals surface area contributed by atoms with E-state index >= 15 is 0 Å². The molecular formula is C22H29FO5. The minimum absolute atomic E-state index is 0.0663. The van der Waals surface area contributed by atoms with Crippen molar-refractivity contribution in [2.24, 2.45) is 11.8 Å². The standard InChI is InChI=1S/C17H13FO3.C2H6O.C2H6.CH4O/c18-13-3-1-11(2-4-13)17(20)15-6-5-14-12(7-8-19)9-21-10-16(14)15;1-3-2;2*1-2/h1-4,6,9,14,16,19H,5,10H2;1-2H3;1-2H3;2H,1H3. The zero-order chi connectivity index (χ0) is 21.5. The number of fused-ring (bicyclic) bond motifs is 1. The van der Waals surface area contributed by atoms with Crippen molar-refractivity contribution < 1.29 is 28.9 Å². The number of hydrogen-bond donors (Lipinski definition) is 2. The molecule has 0 amide bonds. The maximum absolute atomic E-state index is 12.9. The lowest BCUT2D eigenvalue weighted by Crippen LogP contribution is -2.25. The monoisotopic (exact) mass is 392 g/mol. The molecule has 1 aromatic rings. The summed E-state index contributed by atoms with van der Waals surface area (Å²) in [7, 11) is 4.25. The lowest BCUT2D eigenvalue weighted by molar-refractivity contribution is 0.0989. The third-order valence-electron chi connectivity index (χ3n) is 3.93. The molecule has 2 atom stereocenters. The Morgan fingerprint density at radius 1 is 1.18 bits per heavy atom. The number of carbonyl (C=O) groups is 1. The van der Waals surface area contributed by atoms with E-state index < -0.39 is 0 Å². The number of Topliss-reactive ketones (excluding diaryl/α,β-unsaturated/α-hetero) is 1. The lowest BCUT2D eigenvalue weighted by atomic mass is 9.83. The molecule has 0 bridgehead atoms. The highest BCUT2D eigenvalue weighted by atomic mass is 19.1. The third-order valence-corrected chi connectivity index (χ3v) is 3.93. The van der Waals surface area contributed by atoms with E-state index in [1.165, 1.54) is 24.3 Å². The first-order valence-corrected chi connectivity index (χ1v) is 8.94. The van der Waals surface area contributed by atoms with Crippen molar-refractivity contribution >= 4 is 5.78 Å². The number of aliphatic hydroxyl groups excluding tert-OH is 2. The number of rotatable bonds is 2. The molecule has 6 heteroatoms. The fourth-order valence-electron chi connectivity index (χ4n) is 2.88. The minimum atomic E-state index is -0.366. The second-order valence-electron chi connectivity index (χ2n) is 5.50. The van der Waals surface area contributed by atoms with Gasteiger partial charge in [-0.25, -0.2) is 4.39 Å². The summed E-state index contributed by atoms with van der Waals surface area (Å²) in [5.41, 5.74) is 1.84. The average Bonchev–Trinajstić information content (AvgIpc) is 3.17. The van der Waals surface area contributed by atoms with Crippen molar-refractivity contribution in [3.8, 4) is 12.0 Å². The van der Waals surface area contributed by atoms with Gasteiger partial charge in [0.2, 0.25) is 0 Å². The Labute approximate surface area is 166 Å². The van der Waals surface area contributed by atoms with Gasteiger partial charge in [-0.3, -0.25) is 4.79 Å². The summed E-state index contributed by atoms with van der Waals surface area (Å²) in [4.78, 5) is 12.5. The van der Waals surface area contributed by atoms with Crippen LogP contribution in [0.25, 0.3) is 0 Å². The molecule has 0 radical (unpaired) electrons. The number of halogens is 1. The third kappa shape index (κ3) is 6.84. The average molecular weight is 392 g/mol. The minimum Gasteiger partial charge on any atom is -0.500 e. The van der Waals surface area contributed by atoms with Crippen LogP contribution in [-0.2, 0) is 9.47 Å². The van der Waals surface area contributed by atoms with Crippen molar-refractivity contribution in [3.63, 3.8) is 0 Å². The zero-order valence-corrected chi connectivity index (χ0v) is 17.0. The van der Waals surface area contributed by atoms with Gasteiger partial charge in [0.25, 0.3) is 0 Å². The first-order valence-electron chi connectivity index (χ1n) is 8.94. The SMILES string of the molecule is CC.CO.COC.O=C(C1=CCC2C(C#CO)=COCC12)c1ccc(F)cc1. The van der Waals surface area contributed by atoms with E-state index in [-0.39, 0.29) is 23.4 Å². The molecule has 0 aromatic heterocycles. The molecule has 2 aliphatic rings. The Balaban J connectivity index is 0.000000930. The first kappa shape index (κ1) is 25.4. The fraction of sp³-hybridized carbons (Fsp3) is 0.409. The smallest absolute Gasteiger partial charge is 0.189 e. The largest absolute Gasteiger partial charge is 0.500 e. The molecule has 1 aromatic carbocycles. The molecule has 0 spiro atoms. The van der Waals surface area contributed by atoms with Crippen LogP contribution < -0.4 is 0 Å². The molecule has 5 nitrogen and oxygen atoms in total. The number of ketones is 1. The number of methoxy groups -OCH3 is 1. The Bertz CT molecular complexity index is 711. The molecule has 2 unspecified atom stereocenters. The summed E-state index contributed by atoms with van der Waals surface area (Å²) in [5.74, 6) is 2.14. The Morgan fingerprint density at radius 2 is 1.75 bits per heavy atom. The highest BCUT2D eigenvalue weighted by molar-refractivity contribution is 6.09. The first-order chi connectivity index (χ1) is 13.6. The fourth-order valence-corrected chi connectivity index (χ4v) is 2.88. The summed E-state index contributed by atoms with van der Waals surface area (Å²) < 4.78 is 22.5. The molecule has 0 saturated heterocycles. The summed E-state index contributed by atoms with van der Waals surface area (Å²) >= 11 is 0. The molecule has 1 aliphatic heterocycles. The van der Waals surface area contributed by atoms with Crippen LogP contribution in [0.1, 0.15) is 30.6 Å². The van der Waals surface area contributed by atoms with Crippen LogP contribution in [0.4, 0.5) is 4.39 Å². The molecule has 0 fully saturated rings. The van der Waals surface area contributed by atoms with E-state index in [1.807, 2.05) is 26.0 Å². The van der Waals surface area contributed by atoms with Gasteiger partial charge >= 0.3 is 0 Å². The van der Waals surface area contributed by atoms with E-state index in [0.717, 1.165) is 7.11 Å². The molecule has 1 heterocycles. The van der Waals surface area contributed by atoms with Gasteiger partial charge < -0.3 is 19.7 Å². The predicted octanol–water partition coefficient (Wildman–Crippen LogP) is 3.72. The van der Waals surface area contributed by atoms with Gasteiger partial charge in [-0.1, -0.05) is 19.9 Å². The van der Waals surface area contributed by atoms with Crippen LogP contribution in [0.5, 0.6) is 0 Å². The zero-order valence-electron chi connectivity index (χ0n) is 17.0. The van der Waals surface area contributed by atoms with E-state index in [0.29, 0.717) is 29.7 Å². The Kier molecular flexibility index (Phi) is 13.1. The van der Waals surface area contributed by atoms with Gasteiger partial charge in [-0.05, 0) is 36.6 Å². The number of hydrogen-bond acceptors (Lipinski definition) is 5. The quantitative estimate of drug-likeness (QED) is 0.593. The highest BCUT2D eigenvalue weighted by Gasteiger charge is 2.38. The van der Waals surface area contributed by atoms with Gasteiger partial charge in [-0.15, -0.1) is 0 Å². The van der Waals surface area contributed by atoms with E-state index in [1.54, 1.807) is 20.5 Å². The number of benzene rings is 1. The number of allylic oxidation sites excluding steroid dienone is 2. The maximum Gasteiger partial charge on any atom is 0.189 e. The normalized spacial score (nSPS) is 18.4. The van der Waals surface area contributed by atoms with Gasteiger partial charge in [0.15, 0.2) is 5.78 Å². The molecular weight excluding hydrogens is 363 g/mol. The van der Waals surface area contributed by atoms with Crippen LogP contribution in [-0.4, -0.2) is 43.9 Å². The second kappa shape index (κ2) is 14.4. The van der Waals surface area contributed by atoms with E-state index in [2.05, 4.69) is 10.7 Å². The van der Waals surface area contributed by atoms with Crippen LogP contribution in [0, 0.1) is 29.7 Å². The number of ether oxygens (including phenoxy) is 2. The summed E-state index contributed by atoms with van der Waals surface area (Å²) in [6.07, 6.45) is 6.01. The van der Waals surface area contributed by atoms with Gasteiger partial charge in [-0.2, -0.15) is 0 Å². The van der Waals surface area contributed by atoms with Crippen molar-refractivity contribution in [3.05, 3.63) is 59.1 Å². The van der Waals surface area contributed by atoms with Gasteiger partial charge in [0.1, 0.15) is 11.9 Å². The number of carbonyl (C=O) groups excluding carboxylic acids is 1. The Hall–Kier alpha value is -2.62. The highest BCUT2D eigenvalue weighted by Crippen LogP contribution is 2.40.